The van der Waals surface area contributed by atoms with Gasteiger partial charge in [-0.3, -0.25) is 4.79 Å². The fourth-order valence-electron chi connectivity index (χ4n) is 1.91. The van der Waals surface area contributed by atoms with E-state index < -0.39 is 0 Å². The topological polar surface area (TPSA) is 55.0 Å². The van der Waals surface area contributed by atoms with E-state index in [4.69, 9.17) is 4.74 Å². The highest BCUT2D eigenvalue weighted by Crippen LogP contribution is 2.29. The normalized spacial score (nSPS) is 11.4. The second-order valence-corrected chi connectivity index (χ2v) is 4.98. The summed E-state index contributed by atoms with van der Waals surface area (Å²) in [7, 11) is 0. The van der Waals surface area contributed by atoms with Crippen LogP contribution in [-0.4, -0.2) is 16.6 Å². The van der Waals surface area contributed by atoms with Crippen molar-refractivity contribution >= 4 is 31.6 Å². The van der Waals surface area contributed by atoms with Crippen LogP contribution >= 0.6 is 11.3 Å². The summed E-state index contributed by atoms with van der Waals surface area (Å²) >= 11 is 1.47. The minimum atomic E-state index is -0.0871. The molecule has 0 saturated carbocycles. The highest BCUT2D eigenvalue weighted by atomic mass is 32.1. The summed E-state index contributed by atoms with van der Waals surface area (Å²) in [6.07, 6.45) is 0. The van der Waals surface area contributed by atoms with Gasteiger partial charge in [0.2, 0.25) is 0 Å². The van der Waals surface area contributed by atoms with Crippen molar-refractivity contribution in [1.29, 1.82) is 0 Å². The first-order chi connectivity index (χ1) is 8.79. The van der Waals surface area contributed by atoms with E-state index in [1.807, 2.05) is 31.2 Å². The average molecular weight is 260 g/mol. The summed E-state index contributed by atoms with van der Waals surface area (Å²) in [4.78, 5) is 19.2. The van der Waals surface area contributed by atoms with Crippen LogP contribution in [0, 0.1) is 0 Å². The van der Waals surface area contributed by atoms with Crippen LogP contribution in [0.1, 0.15) is 12.7 Å². The van der Waals surface area contributed by atoms with E-state index in [-0.39, 0.29) is 5.56 Å². The van der Waals surface area contributed by atoms with E-state index in [2.05, 4.69) is 9.97 Å². The molecule has 1 aromatic carbocycles. The maximum absolute atomic E-state index is 12.0. The fraction of sp³-hybridized carbons (Fsp3) is 0.231. The van der Waals surface area contributed by atoms with Crippen molar-refractivity contribution in [3.8, 4) is 0 Å². The molecule has 2 heterocycles. The van der Waals surface area contributed by atoms with Gasteiger partial charge in [0.15, 0.2) is 0 Å². The third-order valence-corrected chi connectivity index (χ3v) is 3.88. The van der Waals surface area contributed by atoms with Crippen molar-refractivity contribution < 1.29 is 4.74 Å². The molecular formula is C13H12N2O2S. The third kappa shape index (κ3) is 1.81. The van der Waals surface area contributed by atoms with Crippen LogP contribution in [0.5, 0.6) is 0 Å². The number of thiophene rings is 1. The molecule has 0 fully saturated rings. The van der Waals surface area contributed by atoms with E-state index >= 15 is 0 Å². The average Bonchev–Trinajstić information content (AvgIpc) is 2.76. The van der Waals surface area contributed by atoms with Crippen LogP contribution in [0.25, 0.3) is 20.3 Å². The molecule has 0 aliphatic carbocycles. The van der Waals surface area contributed by atoms with Gasteiger partial charge in [-0.25, -0.2) is 4.98 Å². The zero-order chi connectivity index (χ0) is 12.5. The Morgan fingerprint density at radius 3 is 3.06 bits per heavy atom. The molecule has 2 aromatic heterocycles. The zero-order valence-electron chi connectivity index (χ0n) is 9.90. The van der Waals surface area contributed by atoms with Crippen molar-refractivity contribution in [3.63, 3.8) is 0 Å². The summed E-state index contributed by atoms with van der Waals surface area (Å²) in [5.74, 6) is 0.581. The van der Waals surface area contributed by atoms with E-state index in [0.717, 1.165) is 15.6 Å². The summed E-state index contributed by atoms with van der Waals surface area (Å²) in [5, 5.41) is 1.03. The monoisotopic (exact) mass is 260 g/mol. The highest BCUT2D eigenvalue weighted by molar-refractivity contribution is 7.25. The number of ether oxygens (including phenoxy) is 1. The van der Waals surface area contributed by atoms with Gasteiger partial charge in [0.1, 0.15) is 17.1 Å². The molecule has 0 spiro atoms. The molecule has 3 aromatic rings. The van der Waals surface area contributed by atoms with Gasteiger partial charge >= 0.3 is 0 Å². The standard InChI is InChI=1S/C13H12N2O2S/c1-2-17-7-10-14-11-8-5-3-4-6-9(8)18-12(11)13(16)15-10/h3-6H,2,7H2,1H3,(H,14,15,16). The van der Waals surface area contributed by atoms with E-state index in [1.54, 1.807) is 0 Å². The Morgan fingerprint density at radius 2 is 2.22 bits per heavy atom. The summed E-state index contributed by atoms with van der Waals surface area (Å²) in [5.41, 5.74) is 0.685. The number of aromatic amines is 1. The summed E-state index contributed by atoms with van der Waals surface area (Å²) in [6, 6.07) is 7.92. The molecule has 3 rings (SSSR count). The number of H-pyrrole nitrogens is 1. The van der Waals surface area contributed by atoms with Gasteiger partial charge in [-0.05, 0) is 13.0 Å². The van der Waals surface area contributed by atoms with Gasteiger partial charge in [-0.1, -0.05) is 18.2 Å². The van der Waals surface area contributed by atoms with Crippen molar-refractivity contribution in [2.75, 3.05) is 6.61 Å². The molecular weight excluding hydrogens is 248 g/mol. The first kappa shape index (κ1) is 11.4. The number of rotatable bonds is 3. The number of nitrogens with one attached hydrogen (secondary N) is 1. The minimum Gasteiger partial charge on any atom is -0.374 e. The largest absolute Gasteiger partial charge is 0.374 e. The predicted molar refractivity (Wildman–Crippen MR) is 73.1 cm³/mol. The van der Waals surface area contributed by atoms with E-state index in [0.29, 0.717) is 23.7 Å². The molecule has 18 heavy (non-hydrogen) atoms. The number of hydrogen-bond donors (Lipinski definition) is 1. The van der Waals surface area contributed by atoms with Crippen molar-refractivity contribution in [2.24, 2.45) is 0 Å². The molecule has 0 bridgehead atoms. The van der Waals surface area contributed by atoms with E-state index in [9.17, 15) is 4.79 Å². The minimum absolute atomic E-state index is 0.0871. The number of fused-ring (bicyclic) bond motifs is 3. The summed E-state index contributed by atoms with van der Waals surface area (Å²) < 4.78 is 7.04. The lowest BCUT2D eigenvalue weighted by atomic mass is 10.2. The molecule has 92 valence electrons. The highest BCUT2D eigenvalue weighted by Gasteiger charge is 2.10. The summed E-state index contributed by atoms with van der Waals surface area (Å²) in [6.45, 7) is 2.86. The van der Waals surface area contributed by atoms with Gasteiger partial charge in [-0.15, -0.1) is 11.3 Å². The molecule has 0 saturated heterocycles. The Bertz CT molecular complexity index is 760. The molecule has 0 aliphatic heterocycles. The molecule has 4 nitrogen and oxygen atoms in total. The molecule has 0 radical (unpaired) electrons. The third-order valence-electron chi connectivity index (χ3n) is 2.72. The van der Waals surface area contributed by atoms with Gasteiger partial charge in [0.05, 0.1) is 5.52 Å². The van der Waals surface area contributed by atoms with Crippen LogP contribution in [0.2, 0.25) is 0 Å². The Kier molecular flexibility index (Phi) is 2.85. The first-order valence-electron chi connectivity index (χ1n) is 5.77. The zero-order valence-corrected chi connectivity index (χ0v) is 10.7. The first-order valence-corrected chi connectivity index (χ1v) is 6.59. The molecule has 5 heteroatoms. The molecule has 0 atom stereocenters. The lowest BCUT2D eigenvalue weighted by molar-refractivity contribution is 0.128. The second-order valence-electron chi connectivity index (χ2n) is 3.93. The fourth-order valence-corrected chi connectivity index (χ4v) is 2.95. The van der Waals surface area contributed by atoms with Crippen molar-refractivity contribution in [2.45, 2.75) is 13.5 Å². The van der Waals surface area contributed by atoms with Gasteiger partial charge in [-0.2, -0.15) is 0 Å². The van der Waals surface area contributed by atoms with Gasteiger partial charge in [0.25, 0.3) is 5.56 Å². The van der Waals surface area contributed by atoms with Crippen molar-refractivity contribution in [1.82, 2.24) is 9.97 Å². The number of nitrogens with zero attached hydrogens (tertiary/aromatic N) is 1. The molecule has 0 amide bonds. The van der Waals surface area contributed by atoms with Gasteiger partial charge < -0.3 is 9.72 Å². The van der Waals surface area contributed by atoms with Gasteiger partial charge in [0, 0.05) is 16.7 Å². The number of benzene rings is 1. The number of hydrogen-bond acceptors (Lipinski definition) is 4. The Balaban J connectivity index is 2.27. The molecule has 0 unspecified atom stereocenters. The van der Waals surface area contributed by atoms with E-state index in [1.165, 1.54) is 11.3 Å². The Morgan fingerprint density at radius 1 is 1.39 bits per heavy atom. The number of aromatic nitrogens is 2. The maximum Gasteiger partial charge on any atom is 0.268 e. The molecule has 1 N–H and O–H groups in total. The Labute approximate surface area is 107 Å². The van der Waals surface area contributed by atoms with Crippen LogP contribution in [0.3, 0.4) is 0 Å². The van der Waals surface area contributed by atoms with Crippen LogP contribution in [0.4, 0.5) is 0 Å². The molecule has 0 aliphatic rings. The second kappa shape index (κ2) is 4.51. The predicted octanol–water partition coefficient (Wildman–Crippen LogP) is 2.67. The maximum atomic E-state index is 12.0. The quantitative estimate of drug-likeness (QED) is 0.787. The SMILES string of the molecule is CCOCc1nc2c(sc3ccccc32)c(=O)[nH]1. The van der Waals surface area contributed by atoms with Crippen LogP contribution in [0.15, 0.2) is 29.1 Å². The Hall–Kier alpha value is -1.72. The lowest BCUT2D eigenvalue weighted by Gasteiger charge is -2.00. The van der Waals surface area contributed by atoms with Crippen molar-refractivity contribution in [3.05, 3.63) is 40.4 Å². The lowest BCUT2D eigenvalue weighted by Crippen LogP contribution is -2.11. The van der Waals surface area contributed by atoms with Crippen LogP contribution in [-0.2, 0) is 11.3 Å². The van der Waals surface area contributed by atoms with Crippen LogP contribution < -0.4 is 5.56 Å². The smallest absolute Gasteiger partial charge is 0.268 e.